The summed E-state index contributed by atoms with van der Waals surface area (Å²) in [4.78, 5) is 0. The summed E-state index contributed by atoms with van der Waals surface area (Å²) in [7, 11) is 0. The molecule has 0 saturated heterocycles. The van der Waals surface area contributed by atoms with Gasteiger partial charge in [-0.3, -0.25) is 0 Å². The molecule has 0 aromatic rings. The first-order valence-corrected chi connectivity index (χ1v) is 3.87. The molecule has 0 bridgehead atoms. The lowest BCUT2D eigenvalue weighted by Crippen LogP contribution is -2.04. The predicted octanol–water partition coefficient (Wildman–Crippen LogP) is 2.59. The third-order valence-corrected chi connectivity index (χ3v) is 2.13. The van der Waals surface area contributed by atoms with E-state index >= 15 is 0 Å². The average Bonchev–Trinajstić information content (AvgIpc) is 1.91. The van der Waals surface area contributed by atoms with E-state index in [9.17, 15) is 0 Å². The monoisotopic (exact) mass is 122 g/mol. The van der Waals surface area contributed by atoms with E-state index in [0.717, 1.165) is 12.3 Å². The van der Waals surface area contributed by atoms with Crippen molar-refractivity contribution >= 4 is 0 Å². The van der Waals surface area contributed by atoms with Crippen LogP contribution in [0.1, 0.15) is 38.5 Å². The van der Waals surface area contributed by atoms with Gasteiger partial charge in [0.1, 0.15) is 0 Å². The quantitative estimate of drug-likeness (QED) is 0.469. The highest BCUT2D eigenvalue weighted by molar-refractivity contribution is 4.87. The zero-order valence-corrected chi connectivity index (χ0v) is 5.90. The second-order valence-corrected chi connectivity index (χ2v) is 2.91. The molecule has 0 unspecified atom stereocenters. The van der Waals surface area contributed by atoms with Crippen molar-refractivity contribution in [2.75, 3.05) is 0 Å². The molecule has 50 valence electrons. The summed E-state index contributed by atoms with van der Waals surface area (Å²) in [6.45, 7) is 0. The normalized spacial score (nSPS) is 21.2. The predicted molar refractivity (Wildman–Crippen MR) is 40.0 cm³/mol. The molecule has 0 aliphatic heterocycles. The summed E-state index contributed by atoms with van der Waals surface area (Å²) in [5.74, 6) is 3.60. The van der Waals surface area contributed by atoms with Crippen LogP contribution in [-0.4, -0.2) is 0 Å². The molecule has 0 amide bonds. The molecule has 0 heterocycles. The van der Waals surface area contributed by atoms with Crippen molar-refractivity contribution in [3.63, 3.8) is 0 Å². The fourth-order valence-corrected chi connectivity index (χ4v) is 1.56. The maximum Gasteiger partial charge on any atom is 0.0114 e. The molecule has 1 aliphatic rings. The molecule has 0 N–H and O–H groups in total. The van der Waals surface area contributed by atoms with Crippen molar-refractivity contribution in [3.8, 4) is 12.3 Å². The van der Waals surface area contributed by atoms with E-state index in [0.29, 0.717) is 0 Å². The summed E-state index contributed by atoms with van der Waals surface area (Å²) in [6.07, 6.45) is 13.2. The van der Waals surface area contributed by atoms with Crippen LogP contribution >= 0.6 is 0 Å². The summed E-state index contributed by atoms with van der Waals surface area (Å²) in [5, 5.41) is 0. The van der Waals surface area contributed by atoms with Crippen LogP contribution in [0, 0.1) is 18.3 Å². The van der Waals surface area contributed by atoms with E-state index in [1.807, 2.05) is 0 Å². The SMILES string of the molecule is C#CCC1CCCCC1. The van der Waals surface area contributed by atoms with Crippen LogP contribution in [0.15, 0.2) is 0 Å². The van der Waals surface area contributed by atoms with Crippen molar-refractivity contribution in [2.24, 2.45) is 5.92 Å². The lowest BCUT2D eigenvalue weighted by molar-refractivity contribution is 0.365. The molecule has 0 radical (unpaired) electrons. The summed E-state index contributed by atoms with van der Waals surface area (Å²) < 4.78 is 0. The largest absolute Gasteiger partial charge is 0.120 e. The van der Waals surface area contributed by atoms with Gasteiger partial charge in [0, 0.05) is 6.42 Å². The van der Waals surface area contributed by atoms with E-state index in [-0.39, 0.29) is 0 Å². The van der Waals surface area contributed by atoms with E-state index in [1.54, 1.807) is 0 Å². The Bertz CT molecular complexity index is 102. The topological polar surface area (TPSA) is 0 Å². The lowest BCUT2D eigenvalue weighted by atomic mass is 9.87. The molecule has 1 rings (SSSR count). The number of hydrogen-bond acceptors (Lipinski definition) is 0. The van der Waals surface area contributed by atoms with Gasteiger partial charge in [0.15, 0.2) is 0 Å². The highest BCUT2D eigenvalue weighted by Crippen LogP contribution is 2.25. The van der Waals surface area contributed by atoms with Gasteiger partial charge >= 0.3 is 0 Å². The maximum atomic E-state index is 5.21. The minimum Gasteiger partial charge on any atom is -0.120 e. The third-order valence-electron chi connectivity index (χ3n) is 2.13. The fourth-order valence-electron chi connectivity index (χ4n) is 1.56. The highest BCUT2D eigenvalue weighted by Gasteiger charge is 2.10. The molecule has 1 saturated carbocycles. The smallest absolute Gasteiger partial charge is 0.0114 e. The minimum absolute atomic E-state index is 0.865. The van der Waals surface area contributed by atoms with E-state index in [1.165, 1.54) is 32.1 Å². The van der Waals surface area contributed by atoms with Crippen LogP contribution < -0.4 is 0 Å². The summed E-state index contributed by atoms with van der Waals surface area (Å²) in [5.41, 5.74) is 0. The molecule has 0 aromatic carbocycles. The standard InChI is InChI=1S/C9H14/c1-2-6-9-7-4-3-5-8-9/h1,9H,3-8H2. The number of hydrogen-bond donors (Lipinski definition) is 0. The molecule has 0 atom stereocenters. The number of terminal acetylenes is 1. The second kappa shape index (κ2) is 3.56. The first-order valence-electron chi connectivity index (χ1n) is 3.87. The van der Waals surface area contributed by atoms with Crippen LogP contribution in [0.25, 0.3) is 0 Å². The molecule has 0 aromatic heterocycles. The Morgan fingerprint density at radius 2 is 1.89 bits per heavy atom. The van der Waals surface area contributed by atoms with E-state index in [2.05, 4.69) is 5.92 Å². The Morgan fingerprint density at radius 3 is 2.44 bits per heavy atom. The fraction of sp³-hybridized carbons (Fsp3) is 0.778. The first-order chi connectivity index (χ1) is 4.43. The van der Waals surface area contributed by atoms with Gasteiger partial charge < -0.3 is 0 Å². The van der Waals surface area contributed by atoms with Crippen LogP contribution in [0.5, 0.6) is 0 Å². The van der Waals surface area contributed by atoms with Crippen molar-refractivity contribution in [1.29, 1.82) is 0 Å². The van der Waals surface area contributed by atoms with Gasteiger partial charge in [0.2, 0.25) is 0 Å². The van der Waals surface area contributed by atoms with Gasteiger partial charge in [-0.15, -0.1) is 12.3 Å². The van der Waals surface area contributed by atoms with Crippen molar-refractivity contribution in [1.82, 2.24) is 0 Å². The van der Waals surface area contributed by atoms with Crippen LogP contribution in [-0.2, 0) is 0 Å². The van der Waals surface area contributed by atoms with Gasteiger partial charge in [-0.1, -0.05) is 19.3 Å². The van der Waals surface area contributed by atoms with Gasteiger partial charge in [0.05, 0.1) is 0 Å². The Morgan fingerprint density at radius 1 is 1.22 bits per heavy atom. The Kier molecular flexibility index (Phi) is 2.64. The average molecular weight is 122 g/mol. The van der Waals surface area contributed by atoms with Crippen molar-refractivity contribution in [3.05, 3.63) is 0 Å². The molecule has 9 heavy (non-hydrogen) atoms. The summed E-state index contributed by atoms with van der Waals surface area (Å²) in [6, 6.07) is 0. The Balaban J connectivity index is 2.17. The molecule has 1 aliphatic carbocycles. The van der Waals surface area contributed by atoms with Gasteiger partial charge in [-0.05, 0) is 18.8 Å². The zero-order valence-electron chi connectivity index (χ0n) is 5.90. The molecule has 0 heteroatoms. The third kappa shape index (κ3) is 2.10. The second-order valence-electron chi connectivity index (χ2n) is 2.91. The van der Waals surface area contributed by atoms with Crippen LogP contribution in [0.2, 0.25) is 0 Å². The van der Waals surface area contributed by atoms with Crippen LogP contribution in [0.3, 0.4) is 0 Å². The van der Waals surface area contributed by atoms with Gasteiger partial charge in [-0.2, -0.15) is 0 Å². The van der Waals surface area contributed by atoms with Crippen molar-refractivity contribution < 1.29 is 0 Å². The zero-order chi connectivity index (χ0) is 6.53. The first kappa shape index (κ1) is 6.68. The Hall–Kier alpha value is -0.440. The molecule has 1 fully saturated rings. The van der Waals surface area contributed by atoms with Gasteiger partial charge in [-0.25, -0.2) is 0 Å². The molecular weight excluding hydrogens is 108 g/mol. The highest BCUT2D eigenvalue weighted by atomic mass is 14.2. The number of rotatable bonds is 1. The van der Waals surface area contributed by atoms with E-state index < -0.39 is 0 Å². The maximum absolute atomic E-state index is 5.21. The Labute approximate surface area is 57.7 Å². The summed E-state index contributed by atoms with van der Waals surface area (Å²) >= 11 is 0. The van der Waals surface area contributed by atoms with Crippen molar-refractivity contribution in [2.45, 2.75) is 38.5 Å². The van der Waals surface area contributed by atoms with Crippen LogP contribution in [0.4, 0.5) is 0 Å². The molecular formula is C9H14. The van der Waals surface area contributed by atoms with Gasteiger partial charge in [0.25, 0.3) is 0 Å². The lowest BCUT2D eigenvalue weighted by Gasteiger charge is -2.18. The van der Waals surface area contributed by atoms with E-state index in [4.69, 9.17) is 6.42 Å². The minimum atomic E-state index is 0.865. The molecule has 0 spiro atoms. The molecule has 0 nitrogen and oxygen atoms in total.